The Morgan fingerprint density at radius 1 is 1.50 bits per heavy atom. The summed E-state index contributed by atoms with van der Waals surface area (Å²) < 4.78 is 5.62. The second-order valence-electron chi connectivity index (χ2n) is 4.43. The number of rotatable bonds is 5. The summed E-state index contributed by atoms with van der Waals surface area (Å²) in [5.74, 6) is 0.810. The Morgan fingerprint density at radius 3 is 2.83 bits per heavy atom. The summed E-state index contributed by atoms with van der Waals surface area (Å²) in [7, 11) is 0. The molecule has 1 aromatic rings. The third kappa shape index (κ3) is 2.95. The second-order valence-corrected chi connectivity index (χ2v) is 4.43. The fourth-order valence-electron chi connectivity index (χ4n) is 1.89. The summed E-state index contributed by atoms with van der Waals surface area (Å²) in [6, 6.07) is 3.29. The van der Waals surface area contributed by atoms with Crippen LogP contribution in [0.2, 0.25) is 0 Å². The predicted octanol–water partition coefficient (Wildman–Crippen LogP) is 0.342. The number of hydrogen-bond donors (Lipinski definition) is 2. The summed E-state index contributed by atoms with van der Waals surface area (Å²) in [5.41, 5.74) is 5.85. The molecule has 0 aliphatic heterocycles. The van der Waals surface area contributed by atoms with E-state index in [1.54, 1.807) is 12.1 Å². The highest BCUT2D eigenvalue weighted by Gasteiger charge is 2.29. The molecule has 1 heterocycles. The standard InChI is InChI=1S/C12H18N4O2/c1-2-14-12(17)10-3-4-11(16-15-10)18-9-5-8(6-9)7-13/h3-4,8-9H,2,5-7,13H2,1H3,(H,14,17). The number of nitrogens with zero attached hydrogens (tertiary/aromatic N) is 2. The van der Waals surface area contributed by atoms with Crippen LogP contribution in [0.3, 0.4) is 0 Å². The minimum absolute atomic E-state index is 0.183. The van der Waals surface area contributed by atoms with Gasteiger partial charge in [0, 0.05) is 12.6 Å². The van der Waals surface area contributed by atoms with Crippen molar-refractivity contribution in [3.63, 3.8) is 0 Å². The van der Waals surface area contributed by atoms with Gasteiger partial charge in [-0.05, 0) is 38.3 Å². The maximum atomic E-state index is 11.5. The zero-order valence-electron chi connectivity index (χ0n) is 10.4. The third-order valence-corrected chi connectivity index (χ3v) is 3.02. The van der Waals surface area contributed by atoms with E-state index in [0.717, 1.165) is 12.8 Å². The van der Waals surface area contributed by atoms with E-state index in [2.05, 4.69) is 15.5 Å². The topological polar surface area (TPSA) is 90.1 Å². The molecule has 0 radical (unpaired) electrons. The van der Waals surface area contributed by atoms with E-state index in [-0.39, 0.29) is 12.0 Å². The van der Waals surface area contributed by atoms with Crippen molar-refractivity contribution < 1.29 is 9.53 Å². The van der Waals surface area contributed by atoms with Crippen molar-refractivity contribution in [3.05, 3.63) is 17.8 Å². The molecule has 0 atom stereocenters. The van der Waals surface area contributed by atoms with Crippen LogP contribution in [0.4, 0.5) is 0 Å². The van der Waals surface area contributed by atoms with Crippen LogP contribution in [0.5, 0.6) is 5.88 Å². The first kappa shape index (κ1) is 12.8. The highest BCUT2D eigenvalue weighted by Crippen LogP contribution is 2.29. The van der Waals surface area contributed by atoms with Gasteiger partial charge in [-0.1, -0.05) is 0 Å². The predicted molar refractivity (Wildman–Crippen MR) is 66.2 cm³/mol. The van der Waals surface area contributed by atoms with Crippen LogP contribution in [0.25, 0.3) is 0 Å². The molecule has 98 valence electrons. The van der Waals surface area contributed by atoms with E-state index in [1.807, 2.05) is 6.92 Å². The van der Waals surface area contributed by atoms with Gasteiger partial charge in [-0.15, -0.1) is 10.2 Å². The maximum Gasteiger partial charge on any atom is 0.271 e. The molecule has 1 aliphatic rings. The Bertz CT molecular complexity index is 401. The Hall–Kier alpha value is -1.69. The Balaban J connectivity index is 1.86. The van der Waals surface area contributed by atoms with Gasteiger partial charge < -0.3 is 15.8 Å². The van der Waals surface area contributed by atoms with Crippen molar-refractivity contribution in [2.24, 2.45) is 11.7 Å². The maximum absolute atomic E-state index is 11.5. The quantitative estimate of drug-likeness (QED) is 0.786. The van der Waals surface area contributed by atoms with Crippen LogP contribution in [0.15, 0.2) is 12.1 Å². The first-order valence-corrected chi connectivity index (χ1v) is 6.21. The van der Waals surface area contributed by atoms with Crippen molar-refractivity contribution in [3.8, 4) is 5.88 Å². The lowest BCUT2D eigenvalue weighted by atomic mass is 9.82. The van der Waals surface area contributed by atoms with Crippen LogP contribution >= 0.6 is 0 Å². The zero-order valence-corrected chi connectivity index (χ0v) is 10.4. The Kier molecular flexibility index (Phi) is 4.09. The van der Waals surface area contributed by atoms with Crippen LogP contribution in [-0.2, 0) is 0 Å². The fourth-order valence-corrected chi connectivity index (χ4v) is 1.89. The number of ether oxygens (including phenoxy) is 1. The zero-order chi connectivity index (χ0) is 13.0. The first-order chi connectivity index (χ1) is 8.72. The molecule has 18 heavy (non-hydrogen) atoms. The second kappa shape index (κ2) is 5.77. The Morgan fingerprint density at radius 2 is 2.28 bits per heavy atom. The van der Waals surface area contributed by atoms with E-state index in [4.69, 9.17) is 10.5 Å². The number of hydrogen-bond acceptors (Lipinski definition) is 5. The van der Waals surface area contributed by atoms with Gasteiger partial charge in [-0.25, -0.2) is 0 Å². The van der Waals surface area contributed by atoms with E-state index in [0.29, 0.717) is 30.6 Å². The van der Waals surface area contributed by atoms with E-state index >= 15 is 0 Å². The van der Waals surface area contributed by atoms with Crippen molar-refractivity contribution in [1.82, 2.24) is 15.5 Å². The molecule has 1 aliphatic carbocycles. The molecule has 6 nitrogen and oxygen atoms in total. The smallest absolute Gasteiger partial charge is 0.271 e. The van der Waals surface area contributed by atoms with Gasteiger partial charge in [0.15, 0.2) is 5.69 Å². The molecule has 0 saturated heterocycles. The average Bonchev–Trinajstić information content (AvgIpc) is 2.34. The summed E-state index contributed by atoms with van der Waals surface area (Å²) in [6.07, 6.45) is 2.12. The number of aromatic nitrogens is 2. The van der Waals surface area contributed by atoms with Gasteiger partial charge in [0.1, 0.15) is 6.10 Å². The molecule has 1 amide bonds. The molecule has 1 saturated carbocycles. The average molecular weight is 250 g/mol. The van der Waals surface area contributed by atoms with Gasteiger partial charge in [0.25, 0.3) is 5.91 Å². The summed E-state index contributed by atoms with van der Waals surface area (Å²) in [5, 5.41) is 10.4. The number of nitrogens with two attached hydrogens (primary N) is 1. The first-order valence-electron chi connectivity index (χ1n) is 6.21. The van der Waals surface area contributed by atoms with Gasteiger partial charge in [-0.3, -0.25) is 4.79 Å². The summed E-state index contributed by atoms with van der Waals surface area (Å²) in [4.78, 5) is 11.5. The number of carbonyl (C=O) groups excluding carboxylic acids is 1. The molecule has 6 heteroatoms. The fraction of sp³-hybridized carbons (Fsp3) is 0.583. The monoisotopic (exact) mass is 250 g/mol. The minimum Gasteiger partial charge on any atom is -0.473 e. The molecular weight excluding hydrogens is 232 g/mol. The van der Waals surface area contributed by atoms with E-state index in [9.17, 15) is 4.79 Å². The van der Waals surface area contributed by atoms with Gasteiger partial charge >= 0.3 is 0 Å². The molecule has 0 unspecified atom stereocenters. The molecule has 0 aromatic carbocycles. The minimum atomic E-state index is -0.219. The molecule has 2 rings (SSSR count). The van der Waals surface area contributed by atoms with Gasteiger partial charge in [0.2, 0.25) is 5.88 Å². The van der Waals surface area contributed by atoms with Crippen molar-refractivity contribution in [2.75, 3.05) is 13.1 Å². The molecule has 0 bridgehead atoms. The number of nitrogens with one attached hydrogen (secondary N) is 1. The molecule has 0 spiro atoms. The number of amides is 1. The van der Waals surface area contributed by atoms with Gasteiger partial charge in [0.05, 0.1) is 0 Å². The van der Waals surface area contributed by atoms with Crippen molar-refractivity contribution >= 4 is 5.91 Å². The molecular formula is C12H18N4O2. The van der Waals surface area contributed by atoms with Crippen LogP contribution < -0.4 is 15.8 Å². The lowest BCUT2D eigenvalue weighted by molar-refractivity contribution is 0.0638. The number of carbonyl (C=O) groups is 1. The normalized spacial score (nSPS) is 22.1. The molecule has 1 fully saturated rings. The van der Waals surface area contributed by atoms with E-state index < -0.39 is 0 Å². The highest BCUT2D eigenvalue weighted by atomic mass is 16.5. The van der Waals surface area contributed by atoms with Crippen molar-refractivity contribution in [1.29, 1.82) is 0 Å². The largest absolute Gasteiger partial charge is 0.473 e. The molecule has 3 N–H and O–H groups in total. The lowest BCUT2D eigenvalue weighted by Crippen LogP contribution is -2.38. The summed E-state index contributed by atoms with van der Waals surface area (Å²) >= 11 is 0. The third-order valence-electron chi connectivity index (χ3n) is 3.02. The SMILES string of the molecule is CCNC(=O)c1ccc(OC2CC(CN)C2)nn1. The van der Waals surface area contributed by atoms with Crippen LogP contribution in [-0.4, -0.2) is 35.3 Å². The van der Waals surface area contributed by atoms with Crippen LogP contribution in [0, 0.1) is 5.92 Å². The highest BCUT2D eigenvalue weighted by molar-refractivity contribution is 5.91. The van der Waals surface area contributed by atoms with Crippen LogP contribution in [0.1, 0.15) is 30.3 Å². The van der Waals surface area contributed by atoms with E-state index in [1.165, 1.54) is 0 Å². The van der Waals surface area contributed by atoms with Crippen molar-refractivity contribution in [2.45, 2.75) is 25.9 Å². The van der Waals surface area contributed by atoms with Gasteiger partial charge in [-0.2, -0.15) is 0 Å². The lowest BCUT2D eigenvalue weighted by Gasteiger charge is -2.33. The summed E-state index contributed by atoms with van der Waals surface area (Å²) in [6.45, 7) is 3.14. The Labute approximate surface area is 106 Å². The molecule has 1 aromatic heterocycles.